The van der Waals surface area contributed by atoms with Crippen molar-refractivity contribution in [1.29, 1.82) is 0 Å². The lowest BCUT2D eigenvalue weighted by molar-refractivity contribution is 0.313. The quantitative estimate of drug-likeness (QED) is 0.256. The molecule has 4 aromatic carbocycles. The molecule has 4 rings (SSSR count). The monoisotopic (exact) mass is 452 g/mol. The molecule has 0 aliphatic heterocycles. The highest BCUT2D eigenvalue weighted by molar-refractivity contribution is 5.67. The fraction of sp³-hybridized carbons (Fsp3) is 0.200. The van der Waals surface area contributed by atoms with Gasteiger partial charge in [0.1, 0.15) is 24.7 Å². The third kappa shape index (κ3) is 7.48. The van der Waals surface area contributed by atoms with Crippen LogP contribution in [0.1, 0.15) is 11.1 Å². The largest absolute Gasteiger partial charge is 0.492 e. The van der Waals surface area contributed by atoms with E-state index in [9.17, 15) is 0 Å². The first kappa shape index (κ1) is 23.6. The second-order valence-electron chi connectivity index (χ2n) is 8.03. The van der Waals surface area contributed by atoms with Crippen LogP contribution in [0.5, 0.6) is 11.5 Å². The molecule has 2 N–H and O–H groups in total. The van der Waals surface area contributed by atoms with E-state index in [4.69, 9.17) is 9.47 Å². The lowest BCUT2D eigenvalue weighted by Gasteiger charge is -2.14. The molecule has 4 heteroatoms. The summed E-state index contributed by atoms with van der Waals surface area (Å²) in [5.74, 6) is 1.81. The van der Waals surface area contributed by atoms with Gasteiger partial charge in [-0.2, -0.15) is 0 Å². The van der Waals surface area contributed by atoms with Gasteiger partial charge >= 0.3 is 0 Å². The van der Waals surface area contributed by atoms with Crippen LogP contribution in [0.3, 0.4) is 0 Å². The van der Waals surface area contributed by atoms with Gasteiger partial charge in [0.2, 0.25) is 0 Å². The average molecular weight is 453 g/mol. The molecule has 0 saturated heterocycles. The van der Waals surface area contributed by atoms with Gasteiger partial charge in [-0.3, -0.25) is 0 Å². The van der Waals surface area contributed by atoms with Gasteiger partial charge in [-0.05, 0) is 46.5 Å². The predicted molar refractivity (Wildman–Crippen MR) is 139 cm³/mol. The Bertz CT molecular complexity index is 1100. The Hall–Kier alpha value is -3.60. The van der Waals surface area contributed by atoms with Gasteiger partial charge in [0.05, 0.1) is 0 Å². The molecule has 0 amide bonds. The number of rotatable bonds is 13. The second kappa shape index (κ2) is 13.2. The number of hydrogen-bond acceptors (Lipinski definition) is 4. The third-order valence-corrected chi connectivity index (χ3v) is 5.48. The van der Waals surface area contributed by atoms with Crippen LogP contribution >= 0.6 is 0 Å². The second-order valence-corrected chi connectivity index (χ2v) is 8.03. The summed E-state index contributed by atoms with van der Waals surface area (Å²) in [7, 11) is 0. The maximum atomic E-state index is 5.81. The van der Waals surface area contributed by atoms with E-state index in [-0.39, 0.29) is 0 Å². The summed E-state index contributed by atoms with van der Waals surface area (Å²) < 4.78 is 11.6. The predicted octanol–water partition coefficient (Wildman–Crippen LogP) is 5.69. The van der Waals surface area contributed by atoms with Gasteiger partial charge in [-0.1, -0.05) is 84.9 Å². The molecular weight excluding hydrogens is 420 g/mol. The van der Waals surface area contributed by atoms with Crippen molar-refractivity contribution in [3.8, 4) is 22.6 Å². The highest BCUT2D eigenvalue weighted by atomic mass is 16.5. The molecule has 4 nitrogen and oxygen atoms in total. The van der Waals surface area contributed by atoms with Crippen molar-refractivity contribution in [3.05, 3.63) is 120 Å². The molecule has 0 aliphatic carbocycles. The van der Waals surface area contributed by atoms with Crippen LogP contribution in [0.4, 0.5) is 0 Å². The van der Waals surface area contributed by atoms with E-state index in [1.54, 1.807) is 0 Å². The van der Waals surface area contributed by atoms with Crippen molar-refractivity contribution < 1.29 is 9.47 Å². The minimum absolute atomic E-state index is 0.632. The van der Waals surface area contributed by atoms with Crippen molar-refractivity contribution in [3.63, 3.8) is 0 Å². The molecule has 34 heavy (non-hydrogen) atoms. The van der Waals surface area contributed by atoms with Gasteiger partial charge in [0.25, 0.3) is 0 Å². The van der Waals surface area contributed by atoms with E-state index in [1.165, 1.54) is 22.3 Å². The van der Waals surface area contributed by atoms with E-state index in [1.807, 2.05) is 60.7 Å². The maximum absolute atomic E-state index is 5.81. The smallest absolute Gasteiger partial charge is 0.119 e. The van der Waals surface area contributed by atoms with Crippen LogP contribution in [0.2, 0.25) is 0 Å². The summed E-state index contributed by atoms with van der Waals surface area (Å²) in [4.78, 5) is 0. The molecule has 0 unspecified atom stereocenters. The molecule has 0 saturated carbocycles. The Balaban J connectivity index is 1.30. The number of para-hydroxylation sites is 2. The molecule has 0 aromatic heterocycles. The van der Waals surface area contributed by atoms with Crippen molar-refractivity contribution >= 4 is 0 Å². The summed E-state index contributed by atoms with van der Waals surface area (Å²) in [5, 5.41) is 7.03. The van der Waals surface area contributed by atoms with E-state index in [0.717, 1.165) is 37.7 Å². The van der Waals surface area contributed by atoms with Crippen LogP contribution in [0.25, 0.3) is 11.1 Å². The number of nitrogens with one attached hydrogen (secondary N) is 2. The summed E-state index contributed by atoms with van der Waals surface area (Å²) in [6.45, 7) is 4.43. The average Bonchev–Trinajstić information content (AvgIpc) is 2.90. The number of benzene rings is 4. The lowest BCUT2D eigenvalue weighted by Crippen LogP contribution is -2.22. The molecule has 0 fully saturated rings. The third-order valence-electron chi connectivity index (χ3n) is 5.48. The van der Waals surface area contributed by atoms with E-state index in [0.29, 0.717) is 13.2 Å². The van der Waals surface area contributed by atoms with Gasteiger partial charge in [-0.25, -0.2) is 0 Å². The molecular formula is C30H32N2O2. The molecule has 0 heterocycles. The van der Waals surface area contributed by atoms with Crippen LogP contribution in [0, 0.1) is 0 Å². The summed E-state index contributed by atoms with van der Waals surface area (Å²) in [6, 6.07) is 37.1. The molecule has 0 aliphatic rings. The van der Waals surface area contributed by atoms with Crippen molar-refractivity contribution in [2.45, 2.75) is 13.1 Å². The number of ether oxygens (including phenoxy) is 2. The fourth-order valence-corrected chi connectivity index (χ4v) is 3.77. The SMILES string of the molecule is c1ccc(OCCNCc2ccc(-c3ccccc3)c(CNCCOc3ccccc3)c2)cc1. The van der Waals surface area contributed by atoms with E-state index in [2.05, 4.69) is 59.2 Å². The van der Waals surface area contributed by atoms with Crippen LogP contribution in [-0.2, 0) is 13.1 Å². The first-order valence-corrected chi connectivity index (χ1v) is 11.8. The zero-order valence-corrected chi connectivity index (χ0v) is 19.5. The summed E-state index contributed by atoms with van der Waals surface area (Å²) in [5.41, 5.74) is 5.03. The minimum atomic E-state index is 0.632. The van der Waals surface area contributed by atoms with Crippen molar-refractivity contribution in [2.75, 3.05) is 26.3 Å². The van der Waals surface area contributed by atoms with Gasteiger partial charge in [0.15, 0.2) is 0 Å². The van der Waals surface area contributed by atoms with Crippen LogP contribution < -0.4 is 20.1 Å². The van der Waals surface area contributed by atoms with E-state index >= 15 is 0 Å². The van der Waals surface area contributed by atoms with Gasteiger partial charge in [0, 0.05) is 26.2 Å². The lowest BCUT2D eigenvalue weighted by atomic mass is 9.97. The molecule has 4 aromatic rings. The highest BCUT2D eigenvalue weighted by Gasteiger charge is 2.07. The standard InChI is InChI=1S/C30H32N2O2/c1-4-10-26(11-5-1)30-17-16-25(23-31-18-20-33-28-12-6-2-7-13-28)22-27(30)24-32-19-21-34-29-14-8-3-9-15-29/h1-17,22,31-32H,18-21,23-24H2. The Kier molecular flexibility index (Phi) is 9.14. The summed E-state index contributed by atoms with van der Waals surface area (Å²) in [6.07, 6.45) is 0. The van der Waals surface area contributed by atoms with Gasteiger partial charge in [-0.15, -0.1) is 0 Å². The topological polar surface area (TPSA) is 42.5 Å². The highest BCUT2D eigenvalue weighted by Crippen LogP contribution is 2.25. The maximum Gasteiger partial charge on any atom is 0.119 e. The van der Waals surface area contributed by atoms with Crippen molar-refractivity contribution in [1.82, 2.24) is 10.6 Å². The van der Waals surface area contributed by atoms with Crippen LogP contribution in [0.15, 0.2) is 109 Å². The zero-order chi connectivity index (χ0) is 23.3. The fourth-order valence-electron chi connectivity index (χ4n) is 3.77. The normalized spacial score (nSPS) is 10.7. The Morgan fingerprint density at radius 1 is 0.529 bits per heavy atom. The number of hydrogen-bond donors (Lipinski definition) is 2. The Labute approximate surface area is 202 Å². The summed E-state index contributed by atoms with van der Waals surface area (Å²) >= 11 is 0. The molecule has 0 radical (unpaired) electrons. The van der Waals surface area contributed by atoms with Crippen molar-refractivity contribution in [2.24, 2.45) is 0 Å². The zero-order valence-electron chi connectivity index (χ0n) is 19.5. The molecule has 0 bridgehead atoms. The van der Waals surface area contributed by atoms with Crippen LogP contribution in [-0.4, -0.2) is 26.3 Å². The van der Waals surface area contributed by atoms with Gasteiger partial charge < -0.3 is 20.1 Å². The Morgan fingerprint density at radius 2 is 1.06 bits per heavy atom. The minimum Gasteiger partial charge on any atom is -0.492 e. The van der Waals surface area contributed by atoms with E-state index < -0.39 is 0 Å². The Morgan fingerprint density at radius 3 is 1.65 bits per heavy atom. The molecule has 0 spiro atoms. The molecule has 0 atom stereocenters. The first-order valence-electron chi connectivity index (χ1n) is 11.8. The first-order chi connectivity index (χ1) is 16.9. The molecule has 174 valence electrons.